The van der Waals surface area contributed by atoms with E-state index in [9.17, 15) is 13.2 Å². The fourth-order valence-electron chi connectivity index (χ4n) is 4.02. The molecule has 3 aromatic rings. The standard InChI is InChI=1S/C25H16F3N/c26-25(27,28)18-12-9-17(10-13-18)24(21-14-11-16-5-1-2-6-19(16)21)22-15-29-23-8-4-3-7-20(22)23/h1-10,12-15H,11H2. The Hall–Kier alpha value is -3.40. The third-order valence-electron chi connectivity index (χ3n) is 5.40. The number of para-hydroxylation sites is 1. The number of nitrogens with zero attached hydrogens (tertiary/aromatic N) is 1. The van der Waals surface area contributed by atoms with Crippen molar-refractivity contribution in [1.82, 2.24) is 0 Å². The van der Waals surface area contributed by atoms with Gasteiger partial charge < -0.3 is 0 Å². The molecule has 5 rings (SSSR count). The van der Waals surface area contributed by atoms with Crippen molar-refractivity contribution in [3.8, 4) is 0 Å². The lowest BCUT2D eigenvalue weighted by atomic mass is 9.87. The zero-order valence-corrected chi connectivity index (χ0v) is 15.4. The maximum absolute atomic E-state index is 13.1. The van der Waals surface area contributed by atoms with Gasteiger partial charge in [0.1, 0.15) is 0 Å². The smallest absolute Gasteiger partial charge is 0.256 e. The van der Waals surface area contributed by atoms with Gasteiger partial charge in [-0.3, -0.25) is 4.99 Å². The molecule has 1 heterocycles. The molecule has 2 aliphatic rings. The molecule has 0 atom stereocenters. The van der Waals surface area contributed by atoms with Crippen LogP contribution in [-0.4, -0.2) is 6.21 Å². The maximum Gasteiger partial charge on any atom is 0.416 e. The summed E-state index contributed by atoms with van der Waals surface area (Å²) < 4.78 is 39.2. The van der Waals surface area contributed by atoms with Gasteiger partial charge in [0.15, 0.2) is 0 Å². The fourth-order valence-corrected chi connectivity index (χ4v) is 4.02. The van der Waals surface area contributed by atoms with E-state index < -0.39 is 11.7 Å². The number of hydrogen-bond acceptors (Lipinski definition) is 1. The molecule has 142 valence electrons. The van der Waals surface area contributed by atoms with Gasteiger partial charge in [0, 0.05) is 17.4 Å². The summed E-state index contributed by atoms with van der Waals surface area (Å²) in [6.45, 7) is 0. The number of alkyl halides is 3. The first kappa shape index (κ1) is 17.7. The van der Waals surface area contributed by atoms with E-state index in [-0.39, 0.29) is 0 Å². The number of benzene rings is 3. The first-order valence-electron chi connectivity index (χ1n) is 9.36. The lowest BCUT2D eigenvalue weighted by Gasteiger charge is -2.16. The van der Waals surface area contributed by atoms with Gasteiger partial charge in [-0.1, -0.05) is 60.7 Å². The van der Waals surface area contributed by atoms with E-state index in [4.69, 9.17) is 0 Å². The van der Waals surface area contributed by atoms with Crippen molar-refractivity contribution in [1.29, 1.82) is 0 Å². The number of aliphatic imine (C=N–C) groups is 1. The maximum atomic E-state index is 13.1. The van der Waals surface area contributed by atoms with Gasteiger partial charge in [-0.25, -0.2) is 0 Å². The van der Waals surface area contributed by atoms with Crippen LogP contribution in [0.4, 0.5) is 18.9 Å². The normalized spacial score (nSPS) is 16.4. The molecule has 0 fully saturated rings. The highest BCUT2D eigenvalue weighted by Crippen LogP contribution is 2.45. The Morgan fingerprint density at radius 2 is 1.48 bits per heavy atom. The highest BCUT2D eigenvalue weighted by Gasteiger charge is 2.31. The Balaban J connectivity index is 1.73. The Labute approximate surface area is 166 Å². The Kier molecular flexibility index (Phi) is 4.02. The van der Waals surface area contributed by atoms with Gasteiger partial charge in [0.25, 0.3) is 0 Å². The van der Waals surface area contributed by atoms with Crippen molar-refractivity contribution in [2.45, 2.75) is 12.6 Å². The van der Waals surface area contributed by atoms with Crippen molar-refractivity contribution < 1.29 is 13.2 Å². The molecule has 0 radical (unpaired) electrons. The molecule has 1 nitrogen and oxygen atoms in total. The molecule has 1 aliphatic carbocycles. The Morgan fingerprint density at radius 1 is 0.793 bits per heavy atom. The van der Waals surface area contributed by atoms with E-state index in [1.165, 1.54) is 5.56 Å². The zero-order chi connectivity index (χ0) is 20.0. The molecular formula is C25H16F3N. The van der Waals surface area contributed by atoms with Crippen LogP contribution in [-0.2, 0) is 12.6 Å². The number of fused-ring (bicyclic) bond motifs is 2. The van der Waals surface area contributed by atoms with Crippen LogP contribution >= 0.6 is 0 Å². The van der Waals surface area contributed by atoms with Gasteiger partial charge >= 0.3 is 6.18 Å². The third kappa shape index (κ3) is 3.01. The van der Waals surface area contributed by atoms with E-state index in [2.05, 4.69) is 23.2 Å². The average molecular weight is 387 g/mol. The predicted octanol–water partition coefficient (Wildman–Crippen LogP) is 6.97. The molecule has 0 bridgehead atoms. The molecule has 0 unspecified atom stereocenters. The van der Waals surface area contributed by atoms with Crippen molar-refractivity contribution in [2.75, 3.05) is 0 Å². The largest absolute Gasteiger partial charge is 0.416 e. The van der Waals surface area contributed by atoms with E-state index in [0.717, 1.165) is 57.7 Å². The number of rotatable bonds is 2. The van der Waals surface area contributed by atoms with Crippen LogP contribution in [0.1, 0.15) is 27.8 Å². The molecule has 0 N–H and O–H groups in total. The summed E-state index contributed by atoms with van der Waals surface area (Å²) in [5, 5.41) is 0. The summed E-state index contributed by atoms with van der Waals surface area (Å²) in [6.07, 6.45) is 0.424. The quantitative estimate of drug-likeness (QED) is 0.450. The number of halogens is 3. The van der Waals surface area contributed by atoms with Crippen LogP contribution < -0.4 is 0 Å². The molecule has 0 spiro atoms. The summed E-state index contributed by atoms with van der Waals surface area (Å²) >= 11 is 0. The lowest BCUT2D eigenvalue weighted by Crippen LogP contribution is -2.04. The Morgan fingerprint density at radius 3 is 2.24 bits per heavy atom. The van der Waals surface area contributed by atoms with Crippen LogP contribution in [0.25, 0.3) is 16.7 Å². The number of allylic oxidation sites excluding steroid dienone is 4. The van der Waals surface area contributed by atoms with Gasteiger partial charge in [-0.2, -0.15) is 13.2 Å². The summed E-state index contributed by atoms with van der Waals surface area (Å²) in [5.41, 5.74) is 7.19. The van der Waals surface area contributed by atoms with Crippen molar-refractivity contribution in [3.05, 3.63) is 107 Å². The first-order chi connectivity index (χ1) is 14.0. The van der Waals surface area contributed by atoms with Crippen LogP contribution in [0.2, 0.25) is 0 Å². The topological polar surface area (TPSA) is 12.4 Å². The van der Waals surface area contributed by atoms with E-state index in [1.54, 1.807) is 12.1 Å². The highest BCUT2D eigenvalue weighted by atomic mass is 19.4. The van der Waals surface area contributed by atoms with Crippen LogP contribution in [0.5, 0.6) is 0 Å². The molecular weight excluding hydrogens is 371 g/mol. The first-order valence-corrected chi connectivity index (χ1v) is 9.36. The average Bonchev–Trinajstić information content (AvgIpc) is 3.34. The monoisotopic (exact) mass is 387 g/mol. The van der Waals surface area contributed by atoms with Crippen molar-refractivity contribution in [3.63, 3.8) is 0 Å². The second kappa shape index (κ2) is 6.59. The molecule has 4 heteroatoms. The van der Waals surface area contributed by atoms with Crippen LogP contribution in [0, 0.1) is 0 Å². The minimum Gasteiger partial charge on any atom is -0.256 e. The predicted molar refractivity (Wildman–Crippen MR) is 111 cm³/mol. The second-order valence-electron chi connectivity index (χ2n) is 7.12. The van der Waals surface area contributed by atoms with E-state index in [0.29, 0.717) is 0 Å². The highest BCUT2D eigenvalue weighted by molar-refractivity contribution is 6.32. The third-order valence-corrected chi connectivity index (χ3v) is 5.40. The van der Waals surface area contributed by atoms with Crippen LogP contribution in [0.15, 0.2) is 83.9 Å². The summed E-state index contributed by atoms with van der Waals surface area (Å²) in [6, 6.07) is 21.4. The molecule has 0 saturated carbocycles. The van der Waals surface area contributed by atoms with E-state index in [1.807, 2.05) is 42.6 Å². The molecule has 3 aromatic carbocycles. The minimum absolute atomic E-state index is 0.646. The second-order valence-corrected chi connectivity index (χ2v) is 7.12. The minimum atomic E-state index is -4.35. The lowest BCUT2D eigenvalue weighted by molar-refractivity contribution is -0.137. The zero-order valence-electron chi connectivity index (χ0n) is 15.4. The van der Waals surface area contributed by atoms with Gasteiger partial charge in [-0.05, 0) is 52.5 Å². The molecule has 1 aliphatic heterocycles. The SMILES string of the molecule is FC(F)(F)c1ccc(C(C2=CCc3ccccc32)=C2C=Nc3ccccc32)cc1. The fraction of sp³-hybridized carbons (Fsp3) is 0.0800. The summed E-state index contributed by atoms with van der Waals surface area (Å²) in [7, 11) is 0. The van der Waals surface area contributed by atoms with Crippen LogP contribution in [0.3, 0.4) is 0 Å². The van der Waals surface area contributed by atoms with Gasteiger partial charge in [0.2, 0.25) is 0 Å². The van der Waals surface area contributed by atoms with E-state index >= 15 is 0 Å². The Bertz CT molecular complexity index is 1200. The molecule has 29 heavy (non-hydrogen) atoms. The molecule has 0 aromatic heterocycles. The summed E-state index contributed by atoms with van der Waals surface area (Å²) in [5.74, 6) is 0. The van der Waals surface area contributed by atoms with Gasteiger partial charge in [0.05, 0.1) is 11.3 Å². The van der Waals surface area contributed by atoms with Crippen molar-refractivity contribution in [2.24, 2.45) is 4.99 Å². The summed E-state index contributed by atoms with van der Waals surface area (Å²) in [4.78, 5) is 4.52. The number of hydrogen-bond donors (Lipinski definition) is 0. The van der Waals surface area contributed by atoms with Gasteiger partial charge in [-0.15, -0.1) is 0 Å². The molecule has 0 saturated heterocycles. The molecule has 0 amide bonds. The van der Waals surface area contributed by atoms with Crippen molar-refractivity contribution >= 4 is 28.6 Å².